The number of pyridine rings is 1. The number of amides is 1. The lowest BCUT2D eigenvalue weighted by Crippen LogP contribution is -2.46. The highest BCUT2D eigenvalue weighted by Gasteiger charge is 2.30. The van der Waals surface area contributed by atoms with E-state index in [0.717, 1.165) is 64.8 Å². The molecule has 186 valence electrons. The molecule has 6 rings (SSSR count). The van der Waals surface area contributed by atoms with E-state index in [0.29, 0.717) is 6.54 Å². The van der Waals surface area contributed by atoms with Gasteiger partial charge in [0.2, 0.25) is 0 Å². The third-order valence-corrected chi connectivity index (χ3v) is 7.50. The van der Waals surface area contributed by atoms with Crippen LogP contribution in [0.4, 0.5) is 5.69 Å². The van der Waals surface area contributed by atoms with Crippen LogP contribution in [-0.2, 0) is 6.54 Å². The molecule has 2 heterocycles. The van der Waals surface area contributed by atoms with E-state index in [1.165, 1.54) is 0 Å². The van der Waals surface area contributed by atoms with Crippen LogP contribution in [0.2, 0.25) is 5.02 Å². The second kappa shape index (κ2) is 9.88. The van der Waals surface area contributed by atoms with Crippen LogP contribution in [0.25, 0.3) is 11.1 Å². The van der Waals surface area contributed by atoms with Crippen molar-refractivity contribution in [2.75, 3.05) is 31.1 Å². The van der Waals surface area contributed by atoms with Crippen LogP contribution in [0.1, 0.15) is 33.2 Å². The Labute approximate surface area is 220 Å². The standard InChI is InChI=1S/C30H27ClN4O2/c31-20-6-5-7-22(18-20)35-16-14-34(15-17-35)19-21-12-13-27(29(36)32-21)30(37)33-28-25-10-3-1-8-23(25)24-9-2-4-11-26(24)28/h1-13,18,28H,14-17,19H2,(H,32,36)(H,33,37). The smallest absolute Gasteiger partial charge is 0.261 e. The Balaban J connectivity index is 1.12. The molecule has 0 unspecified atom stereocenters. The van der Waals surface area contributed by atoms with Gasteiger partial charge in [-0.05, 0) is 52.6 Å². The van der Waals surface area contributed by atoms with Crippen molar-refractivity contribution in [3.8, 4) is 11.1 Å². The van der Waals surface area contributed by atoms with Gasteiger partial charge in [-0.15, -0.1) is 0 Å². The van der Waals surface area contributed by atoms with E-state index in [9.17, 15) is 9.59 Å². The summed E-state index contributed by atoms with van der Waals surface area (Å²) in [4.78, 5) is 33.6. The molecule has 4 aromatic rings. The number of halogens is 1. The van der Waals surface area contributed by atoms with Gasteiger partial charge in [0, 0.05) is 49.1 Å². The van der Waals surface area contributed by atoms with Gasteiger partial charge >= 0.3 is 0 Å². The summed E-state index contributed by atoms with van der Waals surface area (Å²) in [7, 11) is 0. The first kappa shape index (κ1) is 23.5. The molecule has 0 atom stereocenters. The molecular formula is C30H27ClN4O2. The molecule has 0 radical (unpaired) electrons. The summed E-state index contributed by atoms with van der Waals surface area (Å²) in [5.41, 5.74) is 6.00. The number of anilines is 1. The molecule has 1 fully saturated rings. The number of carbonyl (C=O) groups is 1. The number of carbonyl (C=O) groups excluding carboxylic acids is 1. The molecule has 0 saturated carbocycles. The Bertz CT molecular complexity index is 1480. The van der Waals surface area contributed by atoms with Crippen LogP contribution in [0.15, 0.2) is 89.7 Å². The normalized spacial score (nSPS) is 15.3. The topological polar surface area (TPSA) is 68.4 Å². The van der Waals surface area contributed by atoms with Crippen LogP contribution in [-0.4, -0.2) is 42.0 Å². The third-order valence-electron chi connectivity index (χ3n) is 7.26. The van der Waals surface area contributed by atoms with Crippen molar-refractivity contribution in [1.82, 2.24) is 15.2 Å². The second-order valence-corrected chi connectivity index (χ2v) is 9.99. The lowest BCUT2D eigenvalue weighted by Gasteiger charge is -2.36. The van der Waals surface area contributed by atoms with E-state index >= 15 is 0 Å². The maximum atomic E-state index is 13.2. The van der Waals surface area contributed by atoms with Gasteiger partial charge in [-0.25, -0.2) is 0 Å². The zero-order valence-electron chi connectivity index (χ0n) is 20.3. The minimum atomic E-state index is -0.376. The summed E-state index contributed by atoms with van der Waals surface area (Å²) in [5.74, 6) is -0.376. The van der Waals surface area contributed by atoms with E-state index in [1.54, 1.807) is 6.07 Å². The SMILES string of the molecule is O=C(NC1c2ccccc2-c2ccccc21)c1ccc(CN2CCN(c3cccc(Cl)c3)CC2)[nH]c1=O. The van der Waals surface area contributed by atoms with Crippen molar-refractivity contribution in [2.24, 2.45) is 0 Å². The molecule has 0 spiro atoms. The first-order valence-electron chi connectivity index (χ1n) is 12.5. The van der Waals surface area contributed by atoms with E-state index in [2.05, 4.69) is 38.3 Å². The summed E-state index contributed by atoms with van der Waals surface area (Å²) in [6.07, 6.45) is 0. The van der Waals surface area contributed by atoms with Crippen molar-refractivity contribution in [3.05, 3.63) is 123 Å². The fraction of sp³-hybridized carbons (Fsp3) is 0.200. The van der Waals surface area contributed by atoms with Crippen LogP contribution in [0.3, 0.4) is 0 Å². The number of hydrogen-bond donors (Lipinski definition) is 2. The number of hydrogen-bond acceptors (Lipinski definition) is 4. The molecule has 0 bridgehead atoms. The predicted octanol–water partition coefficient (Wildman–Crippen LogP) is 4.85. The van der Waals surface area contributed by atoms with Gasteiger partial charge in [0.25, 0.3) is 11.5 Å². The van der Waals surface area contributed by atoms with Crippen molar-refractivity contribution >= 4 is 23.2 Å². The van der Waals surface area contributed by atoms with Gasteiger partial charge in [0.1, 0.15) is 5.56 Å². The molecular weight excluding hydrogens is 484 g/mol. The average Bonchev–Trinajstić information content (AvgIpc) is 3.23. The average molecular weight is 511 g/mol. The van der Waals surface area contributed by atoms with Gasteiger partial charge in [0.05, 0.1) is 6.04 Å². The van der Waals surface area contributed by atoms with Crippen LogP contribution in [0, 0.1) is 0 Å². The van der Waals surface area contributed by atoms with E-state index < -0.39 is 0 Å². The first-order chi connectivity index (χ1) is 18.1. The number of aromatic amines is 1. The number of fused-ring (bicyclic) bond motifs is 3. The number of aromatic nitrogens is 1. The van der Waals surface area contributed by atoms with Gasteiger partial charge in [-0.3, -0.25) is 14.5 Å². The fourth-order valence-corrected chi connectivity index (χ4v) is 5.57. The number of piperazine rings is 1. The highest BCUT2D eigenvalue weighted by Crippen LogP contribution is 2.43. The summed E-state index contributed by atoms with van der Waals surface area (Å²) in [6, 6.07) is 27.2. The number of H-pyrrole nitrogens is 1. The first-order valence-corrected chi connectivity index (χ1v) is 12.9. The predicted molar refractivity (Wildman–Crippen MR) is 147 cm³/mol. The molecule has 7 heteroatoms. The minimum Gasteiger partial charge on any atom is -0.369 e. The Morgan fingerprint density at radius 2 is 1.54 bits per heavy atom. The monoisotopic (exact) mass is 510 g/mol. The molecule has 1 aliphatic carbocycles. The maximum absolute atomic E-state index is 13.2. The van der Waals surface area contributed by atoms with Crippen molar-refractivity contribution in [3.63, 3.8) is 0 Å². The van der Waals surface area contributed by atoms with Gasteiger partial charge in [0.15, 0.2) is 0 Å². The summed E-state index contributed by atoms with van der Waals surface area (Å²) in [6.45, 7) is 4.14. The summed E-state index contributed by atoms with van der Waals surface area (Å²) < 4.78 is 0. The molecule has 3 aromatic carbocycles. The molecule has 1 amide bonds. The van der Waals surface area contributed by atoms with Crippen LogP contribution in [0.5, 0.6) is 0 Å². The summed E-state index contributed by atoms with van der Waals surface area (Å²) in [5, 5.41) is 3.83. The Morgan fingerprint density at radius 3 is 2.19 bits per heavy atom. The van der Waals surface area contributed by atoms with E-state index in [1.807, 2.05) is 60.7 Å². The van der Waals surface area contributed by atoms with Gasteiger partial charge in [-0.2, -0.15) is 0 Å². The third kappa shape index (κ3) is 4.66. The second-order valence-electron chi connectivity index (χ2n) is 9.55. The lowest BCUT2D eigenvalue weighted by atomic mass is 10.0. The number of nitrogens with one attached hydrogen (secondary N) is 2. The van der Waals surface area contributed by atoms with Crippen molar-refractivity contribution in [1.29, 1.82) is 0 Å². The Hall–Kier alpha value is -3.87. The summed E-state index contributed by atoms with van der Waals surface area (Å²) >= 11 is 6.14. The van der Waals surface area contributed by atoms with Crippen molar-refractivity contribution < 1.29 is 4.79 Å². The molecule has 1 aliphatic heterocycles. The van der Waals surface area contributed by atoms with E-state index in [-0.39, 0.29) is 23.1 Å². The highest BCUT2D eigenvalue weighted by molar-refractivity contribution is 6.30. The zero-order valence-corrected chi connectivity index (χ0v) is 21.0. The molecule has 2 N–H and O–H groups in total. The van der Waals surface area contributed by atoms with Crippen molar-refractivity contribution in [2.45, 2.75) is 12.6 Å². The molecule has 2 aliphatic rings. The van der Waals surface area contributed by atoms with Gasteiger partial charge < -0.3 is 15.2 Å². The zero-order chi connectivity index (χ0) is 25.4. The quantitative estimate of drug-likeness (QED) is 0.403. The molecule has 1 aromatic heterocycles. The molecule has 1 saturated heterocycles. The fourth-order valence-electron chi connectivity index (χ4n) is 5.38. The van der Waals surface area contributed by atoms with Crippen LogP contribution >= 0.6 is 11.6 Å². The van der Waals surface area contributed by atoms with Gasteiger partial charge in [-0.1, -0.05) is 66.2 Å². The Morgan fingerprint density at radius 1 is 0.865 bits per heavy atom. The molecule has 6 nitrogen and oxygen atoms in total. The number of nitrogens with zero attached hydrogens (tertiary/aromatic N) is 2. The van der Waals surface area contributed by atoms with Crippen LogP contribution < -0.4 is 15.8 Å². The largest absolute Gasteiger partial charge is 0.369 e. The molecule has 37 heavy (non-hydrogen) atoms. The Kier molecular flexibility index (Phi) is 6.28. The van der Waals surface area contributed by atoms with E-state index in [4.69, 9.17) is 11.6 Å². The number of benzene rings is 3. The highest BCUT2D eigenvalue weighted by atomic mass is 35.5. The lowest BCUT2D eigenvalue weighted by molar-refractivity contribution is 0.0942. The minimum absolute atomic E-state index is 0.122. The maximum Gasteiger partial charge on any atom is 0.261 e. The number of rotatable bonds is 5.